The number of para-hydroxylation sites is 2. The van der Waals surface area contributed by atoms with E-state index < -0.39 is 0 Å². The molecule has 9 heteroatoms. The maximum absolute atomic E-state index is 13.2. The zero-order valence-corrected chi connectivity index (χ0v) is 18.4. The minimum absolute atomic E-state index is 0.235. The van der Waals surface area contributed by atoms with Gasteiger partial charge >= 0.3 is 0 Å². The molecule has 0 saturated heterocycles. The molecular weight excluding hydrogens is 445 g/mol. The molecule has 3 N–H and O–H groups in total. The molecule has 0 unspecified atom stereocenters. The van der Waals surface area contributed by atoms with E-state index in [2.05, 4.69) is 36.1 Å². The lowest BCUT2D eigenvalue weighted by atomic mass is 10.2. The number of benzene rings is 3. The Morgan fingerprint density at radius 2 is 1.23 bits per heavy atom. The van der Waals surface area contributed by atoms with Crippen LogP contribution >= 0.6 is 0 Å². The minimum atomic E-state index is -0.300. The van der Waals surface area contributed by atoms with Gasteiger partial charge < -0.3 is 15.1 Å². The van der Waals surface area contributed by atoms with Crippen molar-refractivity contribution >= 4 is 35.4 Å². The molecule has 0 aliphatic carbocycles. The molecule has 2 heterocycles. The van der Waals surface area contributed by atoms with Gasteiger partial charge in [-0.25, -0.2) is 9.82 Å². The molecule has 0 spiro atoms. The summed E-state index contributed by atoms with van der Waals surface area (Å²) in [7, 11) is 0. The Morgan fingerprint density at radius 3 is 1.83 bits per heavy atom. The van der Waals surface area contributed by atoms with Gasteiger partial charge in [-0.05, 0) is 60.7 Å². The van der Waals surface area contributed by atoms with Crippen LogP contribution in [0.5, 0.6) is 0 Å². The first-order valence-corrected chi connectivity index (χ1v) is 10.8. The molecule has 0 aliphatic heterocycles. The summed E-state index contributed by atoms with van der Waals surface area (Å²) in [5.74, 6) is 1.74. The molecule has 0 radical (unpaired) electrons. The van der Waals surface area contributed by atoms with E-state index in [-0.39, 0.29) is 11.8 Å². The third-order valence-corrected chi connectivity index (χ3v) is 4.81. The van der Waals surface area contributed by atoms with Gasteiger partial charge in [0.15, 0.2) is 0 Å². The summed E-state index contributed by atoms with van der Waals surface area (Å²) in [5.41, 5.74) is 5.26. The van der Waals surface area contributed by atoms with Crippen LogP contribution in [0, 0.1) is 5.82 Å². The van der Waals surface area contributed by atoms with Gasteiger partial charge in [-0.2, -0.15) is 20.1 Å². The number of anilines is 5. The summed E-state index contributed by atoms with van der Waals surface area (Å²) < 4.78 is 18.9. The largest absolute Gasteiger partial charge is 0.455 e. The first kappa shape index (κ1) is 21.8. The van der Waals surface area contributed by atoms with Gasteiger partial charge in [0.25, 0.3) is 0 Å². The van der Waals surface area contributed by atoms with Crippen molar-refractivity contribution in [1.82, 2.24) is 15.0 Å². The third-order valence-electron chi connectivity index (χ3n) is 4.81. The number of hydrogen-bond donors (Lipinski definition) is 3. The van der Waals surface area contributed by atoms with Crippen LogP contribution < -0.4 is 16.1 Å². The van der Waals surface area contributed by atoms with Crippen molar-refractivity contribution in [2.75, 3.05) is 16.1 Å². The fourth-order valence-electron chi connectivity index (χ4n) is 3.18. The normalized spacial score (nSPS) is 10.9. The number of nitrogens with zero attached hydrogens (tertiary/aromatic N) is 4. The third kappa shape index (κ3) is 5.85. The first-order chi connectivity index (χ1) is 17.2. The van der Waals surface area contributed by atoms with Crippen LogP contribution in [0.2, 0.25) is 0 Å². The summed E-state index contributed by atoms with van der Waals surface area (Å²) in [6, 6.07) is 28.8. The van der Waals surface area contributed by atoms with Gasteiger partial charge in [-0.15, -0.1) is 0 Å². The Hall–Kier alpha value is -5.05. The van der Waals surface area contributed by atoms with Crippen molar-refractivity contribution in [3.8, 4) is 11.3 Å². The van der Waals surface area contributed by atoms with Crippen molar-refractivity contribution in [1.29, 1.82) is 0 Å². The Kier molecular flexibility index (Phi) is 6.38. The molecule has 0 saturated carbocycles. The number of halogens is 1. The number of aromatic nitrogens is 3. The first-order valence-electron chi connectivity index (χ1n) is 10.8. The second-order valence-corrected chi connectivity index (χ2v) is 7.37. The van der Waals surface area contributed by atoms with Gasteiger partial charge in [0.05, 0.1) is 6.21 Å². The zero-order valence-electron chi connectivity index (χ0n) is 18.4. The molecule has 5 rings (SSSR count). The van der Waals surface area contributed by atoms with Crippen LogP contribution in [0.3, 0.4) is 0 Å². The lowest BCUT2D eigenvalue weighted by molar-refractivity contribution is 0.574. The van der Waals surface area contributed by atoms with Crippen molar-refractivity contribution in [2.45, 2.75) is 0 Å². The average molecular weight is 465 g/mol. The summed E-state index contributed by atoms with van der Waals surface area (Å²) in [5, 5.41) is 10.5. The number of hydrogen-bond acceptors (Lipinski definition) is 8. The van der Waals surface area contributed by atoms with Crippen LogP contribution in [0.15, 0.2) is 107 Å². The smallest absolute Gasteiger partial charge is 0.250 e. The molecule has 8 nitrogen and oxygen atoms in total. The summed E-state index contributed by atoms with van der Waals surface area (Å²) in [6.45, 7) is 0. The maximum Gasteiger partial charge on any atom is 0.250 e. The number of nitrogens with one attached hydrogen (secondary N) is 3. The van der Waals surface area contributed by atoms with E-state index in [1.54, 1.807) is 24.3 Å². The topological polar surface area (TPSA) is 100 Å². The average Bonchev–Trinajstić information content (AvgIpc) is 3.35. The van der Waals surface area contributed by atoms with Gasteiger partial charge in [-0.1, -0.05) is 36.4 Å². The molecule has 0 atom stereocenters. The predicted molar refractivity (Wildman–Crippen MR) is 135 cm³/mol. The van der Waals surface area contributed by atoms with E-state index in [9.17, 15) is 4.39 Å². The molecule has 2 aromatic heterocycles. The summed E-state index contributed by atoms with van der Waals surface area (Å²) >= 11 is 0. The fourth-order valence-corrected chi connectivity index (χ4v) is 3.18. The van der Waals surface area contributed by atoms with Crippen LogP contribution in [0.25, 0.3) is 11.3 Å². The Morgan fingerprint density at radius 1 is 0.657 bits per heavy atom. The van der Waals surface area contributed by atoms with Crippen molar-refractivity contribution in [3.63, 3.8) is 0 Å². The molecular formula is C26H20FN7O. The highest BCUT2D eigenvalue weighted by molar-refractivity contribution is 5.78. The molecule has 0 aliphatic rings. The van der Waals surface area contributed by atoms with Crippen LogP contribution in [-0.4, -0.2) is 21.2 Å². The van der Waals surface area contributed by atoms with E-state index in [0.717, 1.165) is 16.9 Å². The molecule has 5 aromatic rings. The van der Waals surface area contributed by atoms with E-state index in [4.69, 9.17) is 4.42 Å². The van der Waals surface area contributed by atoms with E-state index >= 15 is 0 Å². The highest BCUT2D eigenvalue weighted by atomic mass is 19.1. The van der Waals surface area contributed by atoms with Gasteiger partial charge in [-0.3, -0.25) is 0 Å². The van der Waals surface area contributed by atoms with E-state index in [1.807, 2.05) is 60.7 Å². The Labute approximate surface area is 200 Å². The molecule has 172 valence electrons. The van der Waals surface area contributed by atoms with Crippen molar-refractivity contribution in [3.05, 3.63) is 109 Å². The van der Waals surface area contributed by atoms with Gasteiger partial charge in [0.2, 0.25) is 17.8 Å². The standard InChI is InChI=1S/C26H20FN7O/c27-19-13-11-18(12-14-19)23-16-15-22(35-23)17-28-34-26-32-24(29-20-7-3-1-4-8-20)31-25(33-26)30-21-9-5-2-6-10-21/h1-17H,(H3,29,30,31,32,33,34)/b28-17+. The summed E-state index contributed by atoms with van der Waals surface area (Å²) in [4.78, 5) is 13.2. The lowest BCUT2D eigenvalue weighted by Crippen LogP contribution is -2.07. The Balaban J connectivity index is 1.34. The number of hydrazone groups is 1. The van der Waals surface area contributed by atoms with Crippen molar-refractivity contribution < 1.29 is 8.81 Å². The van der Waals surface area contributed by atoms with Crippen LogP contribution in [0.1, 0.15) is 5.76 Å². The highest BCUT2D eigenvalue weighted by Crippen LogP contribution is 2.22. The SMILES string of the molecule is Fc1ccc(-c2ccc(/C=N/Nc3nc(Nc4ccccc4)nc(Nc4ccccc4)n3)o2)cc1. The molecule has 0 amide bonds. The molecule has 35 heavy (non-hydrogen) atoms. The number of rotatable bonds is 8. The lowest BCUT2D eigenvalue weighted by Gasteiger charge is -2.10. The second kappa shape index (κ2) is 10.3. The van der Waals surface area contributed by atoms with Crippen molar-refractivity contribution in [2.24, 2.45) is 5.10 Å². The highest BCUT2D eigenvalue weighted by Gasteiger charge is 2.08. The van der Waals surface area contributed by atoms with Crippen LogP contribution in [0.4, 0.5) is 33.6 Å². The zero-order chi connectivity index (χ0) is 23.9. The number of furan rings is 1. The quantitative estimate of drug-likeness (QED) is 0.185. The van der Waals surface area contributed by atoms with Gasteiger partial charge in [0, 0.05) is 16.9 Å². The monoisotopic (exact) mass is 465 g/mol. The molecule has 0 bridgehead atoms. The molecule has 3 aromatic carbocycles. The van der Waals surface area contributed by atoms with Crippen LogP contribution in [-0.2, 0) is 0 Å². The predicted octanol–water partition coefficient (Wildman–Crippen LogP) is 6.20. The second-order valence-electron chi connectivity index (χ2n) is 7.37. The van der Waals surface area contributed by atoms with E-state index in [0.29, 0.717) is 23.4 Å². The molecule has 0 fully saturated rings. The van der Waals surface area contributed by atoms with Gasteiger partial charge in [0.1, 0.15) is 17.3 Å². The minimum Gasteiger partial charge on any atom is -0.455 e. The van der Waals surface area contributed by atoms with E-state index in [1.165, 1.54) is 18.3 Å². The summed E-state index contributed by atoms with van der Waals surface area (Å²) in [6.07, 6.45) is 1.51. The fraction of sp³-hybridized carbons (Fsp3) is 0. The Bertz CT molecular complexity index is 1360. The maximum atomic E-state index is 13.2.